The molecule has 0 radical (unpaired) electrons. The van der Waals surface area contributed by atoms with E-state index in [4.69, 9.17) is 0 Å². The summed E-state index contributed by atoms with van der Waals surface area (Å²) < 4.78 is 79.3. The van der Waals surface area contributed by atoms with Crippen molar-refractivity contribution >= 4 is 22.0 Å². The van der Waals surface area contributed by atoms with Crippen LogP contribution in [0.1, 0.15) is 30.7 Å². The number of ketones is 1. The Morgan fingerprint density at radius 2 is 1.87 bits per heavy atom. The number of aryl methyl sites for hydroxylation is 1. The second-order valence-electron chi connectivity index (χ2n) is 8.55. The summed E-state index contributed by atoms with van der Waals surface area (Å²) in [6.07, 6.45) is -1.22. The lowest BCUT2D eigenvalue weighted by Gasteiger charge is -2.32. The molecule has 0 unspecified atom stereocenters. The van der Waals surface area contributed by atoms with Gasteiger partial charge in [-0.15, -0.1) is 0 Å². The molecule has 0 amide bonds. The van der Waals surface area contributed by atoms with Crippen LogP contribution in [0.3, 0.4) is 0 Å². The number of benzene rings is 1. The van der Waals surface area contributed by atoms with Gasteiger partial charge in [0.15, 0.2) is 5.78 Å². The topological polar surface area (TPSA) is 126 Å². The predicted octanol–water partition coefficient (Wildman–Crippen LogP) is 3.88. The van der Waals surface area contributed by atoms with Crippen LogP contribution in [0, 0.1) is 5.82 Å². The van der Waals surface area contributed by atoms with E-state index in [2.05, 4.69) is 20.1 Å². The van der Waals surface area contributed by atoms with Gasteiger partial charge in [0.2, 0.25) is 10.0 Å². The summed E-state index contributed by atoms with van der Waals surface area (Å²) in [5, 5.41) is 12.3. The molecule has 9 nitrogen and oxygen atoms in total. The van der Waals surface area contributed by atoms with Crippen LogP contribution in [0.4, 0.5) is 17.6 Å². The SMILES string of the molecule is O=C(CCc1cc(-c2ccc(C(F)(F)F)nc2)ncn1)[C@]1(/C=N/O)CCCN1S(=O)(=O)c1ccc(F)cc1. The molecule has 1 N–H and O–H groups in total. The second-order valence-corrected chi connectivity index (χ2v) is 10.4. The van der Waals surface area contributed by atoms with Gasteiger partial charge in [0.1, 0.15) is 23.4 Å². The van der Waals surface area contributed by atoms with E-state index in [9.17, 15) is 36.0 Å². The molecule has 0 aliphatic carbocycles. The average Bonchev–Trinajstić information content (AvgIpc) is 3.33. The zero-order chi connectivity index (χ0) is 27.6. The summed E-state index contributed by atoms with van der Waals surface area (Å²) in [6.45, 7) is -0.0178. The van der Waals surface area contributed by atoms with Gasteiger partial charge >= 0.3 is 6.18 Å². The van der Waals surface area contributed by atoms with Gasteiger partial charge in [0.25, 0.3) is 0 Å². The van der Waals surface area contributed by atoms with Crippen molar-refractivity contribution in [1.82, 2.24) is 19.3 Å². The normalized spacial score (nSPS) is 18.7. The number of aromatic nitrogens is 3. The summed E-state index contributed by atoms with van der Waals surface area (Å²) in [4.78, 5) is 24.8. The third-order valence-electron chi connectivity index (χ3n) is 6.20. The number of nitrogens with zero attached hydrogens (tertiary/aromatic N) is 5. The zero-order valence-corrected chi connectivity index (χ0v) is 20.5. The zero-order valence-electron chi connectivity index (χ0n) is 19.6. The molecule has 38 heavy (non-hydrogen) atoms. The Kier molecular flexibility index (Phi) is 7.56. The molecule has 4 rings (SSSR count). The van der Waals surface area contributed by atoms with E-state index in [0.29, 0.717) is 17.7 Å². The first-order chi connectivity index (χ1) is 18.0. The van der Waals surface area contributed by atoms with Gasteiger partial charge in [0.05, 0.1) is 16.8 Å². The highest BCUT2D eigenvalue weighted by molar-refractivity contribution is 7.89. The quantitative estimate of drug-likeness (QED) is 0.195. The Hall–Kier alpha value is -3.78. The van der Waals surface area contributed by atoms with Crippen molar-refractivity contribution < 1.29 is 36.0 Å². The highest BCUT2D eigenvalue weighted by Gasteiger charge is 2.51. The van der Waals surface area contributed by atoms with E-state index in [1.165, 1.54) is 18.5 Å². The highest BCUT2D eigenvalue weighted by atomic mass is 32.2. The Bertz CT molecular complexity index is 1450. The molecule has 0 bridgehead atoms. The van der Waals surface area contributed by atoms with Crippen molar-refractivity contribution in [2.45, 2.75) is 42.3 Å². The Balaban J connectivity index is 1.55. The molecule has 3 heterocycles. The number of sulfonamides is 1. The van der Waals surface area contributed by atoms with Crippen molar-refractivity contribution in [3.63, 3.8) is 0 Å². The van der Waals surface area contributed by atoms with Crippen molar-refractivity contribution in [3.8, 4) is 11.3 Å². The van der Waals surface area contributed by atoms with Crippen LogP contribution in [0.25, 0.3) is 11.3 Å². The number of carbonyl (C=O) groups is 1. The maximum Gasteiger partial charge on any atom is 0.433 e. The molecule has 1 aliphatic rings. The van der Waals surface area contributed by atoms with Crippen LogP contribution in [0.15, 0.2) is 65.0 Å². The predicted molar refractivity (Wildman–Crippen MR) is 126 cm³/mol. The molecule has 200 valence electrons. The fraction of sp³-hybridized carbons (Fsp3) is 0.292. The maximum atomic E-state index is 13.4. The van der Waals surface area contributed by atoms with Gasteiger partial charge < -0.3 is 5.21 Å². The van der Waals surface area contributed by atoms with E-state index in [1.54, 1.807) is 0 Å². The number of carbonyl (C=O) groups excluding carboxylic acids is 1. The summed E-state index contributed by atoms with van der Waals surface area (Å²) in [5.41, 5.74) is -1.82. The number of halogens is 4. The summed E-state index contributed by atoms with van der Waals surface area (Å²) in [6, 6.07) is 7.70. The molecule has 0 spiro atoms. The third-order valence-corrected chi connectivity index (χ3v) is 8.16. The first-order valence-electron chi connectivity index (χ1n) is 11.3. The lowest BCUT2D eigenvalue weighted by atomic mass is 9.90. The molecule has 3 aromatic rings. The molecular weight excluding hydrogens is 530 g/mol. The Labute approximate surface area is 214 Å². The van der Waals surface area contributed by atoms with Gasteiger partial charge in [-0.3, -0.25) is 9.78 Å². The molecule has 1 saturated heterocycles. The van der Waals surface area contributed by atoms with Crippen molar-refractivity contribution in [2.75, 3.05) is 6.54 Å². The number of alkyl halides is 3. The molecule has 1 aromatic carbocycles. The Morgan fingerprint density at radius 1 is 1.13 bits per heavy atom. The molecule has 1 atom stereocenters. The van der Waals surface area contributed by atoms with Crippen LogP contribution in [0.5, 0.6) is 0 Å². The fourth-order valence-corrected chi connectivity index (χ4v) is 6.10. The van der Waals surface area contributed by atoms with E-state index in [0.717, 1.165) is 47.0 Å². The van der Waals surface area contributed by atoms with Crippen LogP contribution in [0.2, 0.25) is 0 Å². The highest BCUT2D eigenvalue weighted by Crippen LogP contribution is 2.36. The van der Waals surface area contributed by atoms with Gasteiger partial charge in [-0.05, 0) is 61.7 Å². The first-order valence-corrected chi connectivity index (χ1v) is 12.8. The first kappa shape index (κ1) is 27.3. The van der Waals surface area contributed by atoms with E-state index < -0.39 is 39.0 Å². The van der Waals surface area contributed by atoms with Crippen LogP contribution in [-0.2, 0) is 27.4 Å². The van der Waals surface area contributed by atoms with Crippen molar-refractivity contribution in [3.05, 3.63) is 72.2 Å². The number of pyridine rings is 1. The molecular formula is C24H21F4N5O4S. The fourth-order valence-electron chi connectivity index (χ4n) is 4.32. The standard InChI is InChI=1S/C24H21F4N5O4S/c25-17-3-6-19(7-4-17)38(36,37)33-11-1-10-23(33,14-32-35)22(34)9-5-18-12-20(31-15-30-18)16-2-8-21(29-13-16)24(26,27)28/h2-4,6-8,12-15,35H,1,5,9-11H2/b32-14+/t23-/m1/s1. The van der Waals surface area contributed by atoms with E-state index >= 15 is 0 Å². The molecule has 0 saturated carbocycles. The van der Waals surface area contributed by atoms with Crippen molar-refractivity contribution in [2.24, 2.45) is 5.16 Å². The molecule has 1 aliphatic heterocycles. The van der Waals surface area contributed by atoms with Crippen LogP contribution < -0.4 is 0 Å². The minimum absolute atomic E-state index is 0.0178. The lowest BCUT2D eigenvalue weighted by Crippen LogP contribution is -2.54. The second kappa shape index (κ2) is 10.5. The van der Waals surface area contributed by atoms with Gasteiger partial charge in [-0.2, -0.15) is 17.5 Å². The van der Waals surface area contributed by atoms with Crippen LogP contribution >= 0.6 is 0 Å². The maximum absolute atomic E-state index is 13.4. The molecule has 1 fully saturated rings. The number of hydrogen-bond acceptors (Lipinski definition) is 8. The van der Waals surface area contributed by atoms with Crippen molar-refractivity contribution in [1.29, 1.82) is 0 Å². The van der Waals surface area contributed by atoms with E-state index in [-0.39, 0.29) is 36.4 Å². The number of rotatable bonds is 8. The van der Waals surface area contributed by atoms with E-state index in [1.807, 2.05) is 0 Å². The average molecular weight is 552 g/mol. The third kappa shape index (κ3) is 5.41. The molecule has 2 aromatic heterocycles. The number of hydrogen-bond donors (Lipinski definition) is 1. The lowest BCUT2D eigenvalue weighted by molar-refractivity contribution is -0.141. The molecule has 14 heteroatoms. The summed E-state index contributed by atoms with van der Waals surface area (Å²) in [5.74, 6) is -1.17. The number of Topliss-reactive ketones (excluding diaryl/α,β-unsaturated/α-hetero) is 1. The van der Waals surface area contributed by atoms with Gasteiger partial charge in [-0.1, -0.05) is 5.16 Å². The number of oxime groups is 1. The Morgan fingerprint density at radius 3 is 2.50 bits per heavy atom. The largest absolute Gasteiger partial charge is 0.433 e. The van der Waals surface area contributed by atoms with Crippen LogP contribution in [-0.4, -0.2) is 57.0 Å². The monoisotopic (exact) mass is 551 g/mol. The minimum Gasteiger partial charge on any atom is -0.411 e. The minimum atomic E-state index is -4.58. The summed E-state index contributed by atoms with van der Waals surface area (Å²) >= 11 is 0. The van der Waals surface area contributed by atoms with Gasteiger partial charge in [-0.25, -0.2) is 22.8 Å². The smallest absolute Gasteiger partial charge is 0.411 e. The summed E-state index contributed by atoms with van der Waals surface area (Å²) in [7, 11) is -4.24. The van der Waals surface area contributed by atoms with Gasteiger partial charge in [0, 0.05) is 30.4 Å².